The maximum Gasteiger partial charge on any atom is 0.249 e. The highest BCUT2D eigenvalue weighted by Crippen LogP contribution is 2.20. The van der Waals surface area contributed by atoms with E-state index in [4.69, 9.17) is 5.73 Å². The van der Waals surface area contributed by atoms with E-state index in [1.54, 1.807) is 6.07 Å². The Kier molecular flexibility index (Phi) is 2.60. The largest absolute Gasteiger partial charge is 0.366 e. The van der Waals surface area contributed by atoms with Crippen LogP contribution in [0.15, 0.2) is 24.3 Å². The van der Waals surface area contributed by atoms with Crippen molar-refractivity contribution in [3.8, 4) is 0 Å². The molecule has 3 heteroatoms. The average molecular weight is 214 g/mol. The molecule has 0 aliphatic carbocycles. The van der Waals surface area contributed by atoms with Crippen LogP contribution in [0.1, 0.15) is 28.5 Å². The van der Waals surface area contributed by atoms with Crippen LogP contribution in [0, 0.1) is 6.92 Å². The lowest BCUT2D eigenvalue weighted by Crippen LogP contribution is -2.12. The topological polar surface area (TPSA) is 56.0 Å². The van der Waals surface area contributed by atoms with E-state index in [9.17, 15) is 4.79 Å². The van der Waals surface area contributed by atoms with E-state index in [0.29, 0.717) is 5.56 Å². The molecular weight excluding hydrogens is 200 g/mol. The van der Waals surface area contributed by atoms with Gasteiger partial charge in [-0.1, -0.05) is 13.0 Å². The van der Waals surface area contributed by atoms with Gasteiger partial charge in [0, 0.05) is 11.1 Å². The Morgan fingerprint density at radius 3 is 2.75 bits per heavy atom. The van der Waals surface area contributed by atoms with Crippen molar-refractivity contribution in [2.24, 2.45) is 5.73 Å². The number of primary amides is 1. The van der Waals surface area contributed by atoms with Crippen LogP contribution in [0.2, 0.25) is 0 Å². The van der Waals surface area contributed by atoms with Crippen LogP contribution in [0.5, 0.6) is 0 Å². The molecule has 0 aliphatic heterocycles. The van der Waals surface area contributed by atoms with Gasteiger partial charge in [-0.2, -0.15) is 0 Å². The molecule has 0 aliphatic rings. The van der Waals surface area contributed by atoms with E-state index in [2.05, 4.69) is 11.9 Å². The van der Waals surface area contributed by atoms with Crippen molar-refractivity contribution in [1.29, 1.82) is 0 Å². The Morgan fingerprint density at radius 1 is 1.38 bits per heavy atom. The van der Waals surface area contributed by atoms with Crippen LogP contribution in [-0.2, 0) is 6.42 Å². The second-order valence-corrected chi connectivity index (χ2v) is 3.88. The minimum Gasteiger partial charge on any atom is -0.366 e. The monoisotopic (exact) mass is 214 g/mol. The van der Waals surface area contributed by atoms with Crippen molar-refractivity contribution in [1.82, 2.24) is 4.98 Å². The highest BCUT2D eigenvalue weighted by atomic mass is 16.1. The predicted octanol–water partition coefficient (Wildman–Crippen LogP) is 2.20. The summed E-state index contributed by atoms with van der Waals surface area (Å²) in [6.07, 6.45) is 0.933. The molecule has 1 amide bonds. The fourth-order valence-electron chi connectivity index (χ4n) is 1.83. The van der Waals surface area contributed by atoms with Crippen LogP contribution in [0.4, 0.5) is 0 Å². The third-order valence-electron chi connectivity index (χ3n) is 2.67. The summed E-state index contributed by atoms with van der Waals surface area (Å²) >= 11 is 0. The summed E-state index contributed by atoms with van der Waals surface area (Å²) in [4.78, 5) is 15.7. The van der Waals surface area contributed by atoms with Crippen LogP contribution in [0.3, 0.4) is 0 Å². The van der Waals surface area contributed by atoms with Crippen molar-refractivity contribution >= 4 is 16.8 Å². The standard InChI is InChI=1S/C13H14N2O/c1-3-9-4-5-12-10(7-9)11(13(14)16)6-8(2)15-12/h4-7H,3H2,1-2H3,(H2,14,16). The third kappa shape index (κ3) is 1.76. The molecule has 2 rings (SSSR count). The van der Waals surface area contributed by atoms with Gasteiger partial charge in [0.1, 0.15) is 0 Å². The molecule has 82 valence electrons. The molecule has 1 aromatic carbocycles. The van der Waals surface area contributed by atoms with Gasteiger partial charge in [-0.25, -0.2) is 0 Å². The van der Waals surface area contributed by atoms with Gasteiger partial charge in [-0.3, -0.25) is 9.78 Å². The Balaban J connectivity index is 2.80. The maximum atomic E-state index is 11.4. The number of rotatable bonds is 2. The molecule has 0 radical (unpaired) electrons. The maximum absolute atomic E-state index is 11.4. The Labute approximate surface area is 94.3 Å². The molecule has 0 spiro atoms. The summed E-state index contributed by atoms with van der Waals surface area (Å²) in [5.74, 6) is -0.399. The highest BCUT2D eigenvalue weighted by Gasteiger charge is 2.09. The first-order valence-electron chi connectivity index (χ1n) is 5.32. The molecule has 0 saturated heterocycles. The van der Waals surface area contributed by atoms with Gasteiger partial charge in [0.2, 0.25) is 5.91 Å². The lowest BCUT2D eigenvalue weighted by molar-refractivity contribution is 0.100. The Bertz CT molecular complexity index is 561. The van der Waals surface area contributed by atoms with Crippen molar-refractivity contribution in [3.63, 3.8) is 0 Å². The number of hydrogen-bond acceptors (Lipinski definition) is 2. The molecule has 1 heterocycles. The van der Waals surface area contributed by atoms with E-state index in [1.165, 1.54) is 5.56 Å². The molecule has 1 aromatic heterocycles. The molecule has 2 aromatic rings. The van der Waals surface area contributed by atoms with Crippen molar-refractivity contribution in [3.05, 3.63) is 41.1 Å². The summed E-state index contributed by atoms with van der Waals surface area (Å²) in [6.45, 7) is 3.94. The zero-order valence-corrected chi connectivity index (χ0v) is 9.45. The van der Waals surface area contributed by atoms with Crippen LogP contribution in [0.25, 0.3) is 10.9 Å². The van der Waals surface area contributed by atoms with E-state index in [0.717, 1.165) is 23.0 Å². The van der Waals surface area contributed by atoms with Gasteiger partial charge >= 0.3 is 0 Å². The number of nitrogens with zero attached hydrogens (tertiary/aromatic N) is 1. The average Bonchev–Trinajstić information content (AvgIpc) is 2.27. The summed E-state index contributed by atoms with van der Waals surface area (Å²) < 4.78 is 0. The highest BCUT2D eigenvalue weighted by molar-refractivity contribution is 6.05. The zero-order chi connectivity index (χ0) is 11.7. The number of aromatic nitrogens is 1. The normalized spacial score (nSPS) is 10.6. The number of benzene rings is 1. The van der Waals surface area contributed by atoms with Gasteiger partial charge in [-0.15, -0.1) is 0 Å². The predicted molar refractivity (Wildman–Crippen MR) is 64.4 cm³/mol. The minimum atomic E-state index is -0.399. The second-order valence-electron chi connectivity index (χ2n) is 3.88. The number of carbonyl (C=O) groups excluding carboxylic acids is 1. The summed E-state index contributed by atoms with van der Waals surface area (Å²) in [7, 11) is 0. The Hall–Kier alpha value is -1.90. The third-order valence-corrected chi connectivity index (χ3v) is 2.67. The van der Waals surface area contributed by atoms with E-state index < -0.39 is 5.91 Å². The molecular formula is C13H14N2O. The van der Waals surface area contributed by atoms with Gasteiger partial charge in [0.25, 0.3) is 0 Å². The molecule has 0 bridgehead atoms. The molecule has 3 nitrogen and oxygen atoms in total. The van der Waals surface area contributed by atoms with Crippen molar-refractivity contribution < 1.29 is 4.79 Å². The number of nitrogens with two attached hydrogens (primary N) is 1. The summed E-state index contributed by atoms with van der Waals surface area (Å²) in [5, 5.41) is 0.845. The van der Waals surface area contributed by atoms with Gasteiger partial charge in [-0.05, 0) is 37.1 Å². The number of aryl methyl sites for hydroxylation is 2. The SMILES string of the molecule is CCc1ccc2nc(C)cc(C(N)=O)c2c1. The number of fused-ring (bicyclic) bond motifs is 1. The molecule has 0 fully saturated rings. The first-order chi connectivity index (χ1) is 7.61. The molecule has 0 atom stereocenters. The quantitative estimate of drug-likeness (QED) is 0.833. The summed E-state index contributed by atoms with van der Waals surface area (Å²) in [5.41, 5.74) is 8.74. The smallest absolute Gasteiger partial charge is 0.249 e. The summed E-state index contributed by atoms with van der Waals surface area (Å²) in [6, 6.07) is 7.69. The lowest BCUT2D eigenvalue weighted by atomic mass is 10.0. The number of carbonyl (C=O) groups is 1. The van der Waals surface area contributed by atoms with Gasteiger partial charge < -0.3 is 5.73 Å². The molecule has 0 saturated carbocycles. The molecule has 16 heavy (non-hydrogen) atoms. The van der Waals surface area contributed by atoms with Crippen LogP contribution < -0.4 is 5.73 Å². The van der Waals surface area contributed by atoms with E-state index in [1.807, 2.05) is 25.1 Å². The Morgan fingerprint density at radius 2 is 2.12 bits per heavy atom. The van der Waals surface area contributed by atoms with E-state index in [-0.39, 0.29) is 0 Å². The van der Waals surface area contributed by atoms with Crippen LogP contribution >= 0.6 is 0 Å². The van der Waals surface area contributed by atoms with Crippen molar-refractivity contribution in [2.75, 3.05) is 0 Å². The van der Waals surface area contributed by atoms with Gasteiger partial charge in [0.15, 0.2) is 0 Å². The van der Waals surface area contributed by atoms with E-state index >= 15 is 0 Å². The number of amides is 1. The lowest BCUT2D eigenvalue weighted by Gasteiger charge is -2.06. The zero-order valence-electron chi connectivity index (χ0n) is 9.45. The van der Waals surface area contributed by atoms with Gasteiger partial charge in [0.05, 0.1) is 11.1 Å². The van der Waals surface area contributed by atoms with Crippen LogP contribution in [-0.4, -0.2) is 10.9 Å². The first-order valence-corrected chi connectivity index (χ1v) is 5.32. The number of hydrogen-bond donors (Lipinski definition) is 1. The molecule has 2 N–H and O–H groups in total. The fraction of sp³-hybridized carbons (Fsp3) is 0.231. The molecule has 0 unspecified atom stereocenters. The number of pyridine rings is 1. The fourth-order valence-corrected chi connectivity index (χ4v) is 1.83. The van der Waals surface area contributed by atoms with Crippen molar-refractivity contribution in [2.45, 2.75) is 20.3 Å². The minimum absolute atomic E-state index is 0.399. The second kappa shape index (κ2) is 3.93. The first kappa shape index (κ1) is 10.6.